The first-order chi connectivity index (χ1) is 9.44. The van der Waals surface area contributed by atoms with Gasteiger partial charge in [-0.25, -0.2) is 0 Å². The van der Waals surface area contributed by atoms with Crippen molar-refractivity contribution in [2.75, 3.05) is 5.32 Å². The van der Waals surface area contributed by atoms with Crippen LogP contribution in [0.2, 0.25) is 5.02 Å². The molecule has 1 N–H and O–H groups in total. The van der Waals surface area contributed by atoms with Crippen molar-refractivity contribution in [1.29, 1.82) is 0 Å². The van der Waals surface area contributed by atoms with Crippen molar-refractivity contribution in [3.63, 3.8) is 0 Å². The van der Waals surface area contributed by atoms with Crippen molar-refractivity contribution in [2.24, 2.45) is 0 Å². The lowest BCUT2D eigenvalue weighted by atomic mass is 10.1. The maximum absolute atomic E-state index is 5.90. The molecule has 2 nitrogen and oxygen atoms in total. The third-order valence-corrected chi connectivity index (χ3v) is 2.96. The summed E-state index contributed by atoms with van der Waals surface area (Å²) in [6.07, 6.45) is 0. The van der Waals surface area contributed by atoms with Crippen LogP contribution in [0.5, 0.6) is 5.75 Å². The maximum atomic E-state index is 5.90. The van der Waals surface area contributed by atoms with Crippen molar-refractivity contribution in [2.45, 2.75) is 32.9 Å². The van der Waals surface area contributed by atoms with E-state index in [2.05, 4.69) is 26.1 Å². The Morgan fingerprint density at radius 3 is 2.30 bits per heavy atom. The van der Waals surface area contributed by atoms with Crippen LogP contribution in [0, 0.1) is 0 Å². The summed E-state index contributed by atoms with van der Waals surface area (Å²) >= 11 is 5.88. The number of anilines is 1. The monoisotopic (exact) mass is 289 g/mol. The van der Waals surface area contributed by atoms with Gasteiger partial charge in [0.2, 0.25) is 0 Å². The molecule has 0 atom stereocenters. The predicted octanol–water partition coefficient (Wildman–Crippen LogP) is 5.13. The van der Waals surface area contributed by atoms with Gasteiger partial charge >= 0.3 is 0 Å². The number of nitrogens with one attached hydrogen (secondary N) is 1. The summed E-state index contributed by atoms with van der Waals surface area (Å²) < 4.78 is 5.90. The molecule has 0 radical (unpaired) electrons. The van der Waals surface area contributed by atoms with E-state index in [9.17, 15) is 0 Å². The Morgan fingerprint density at radius 2 is 1.65 bits per heavy atom. The summed E-state index contributed by atoms with van der Waals surface area (Å²) in [5.41, 5.74) is 2.11. The number of hydrogen-bond donors (Lipinski definition) is 1. The average Bonchev–Trinajstić information content (AvgIpc) is 2.38. The summed E-state index contributed by atoms with van der Waals surface area (Å²) in [7, 11) is 0. The van der Waals surface area contributed by atoms with Gasteiger partial charge in [-0.3, -0.25) is 0 Å². The molecule has 0 bridgehead atoms. The van der Waals surface area contributed by atoms with Gasteiger partial charge in [-0.1, -0.05) is 35.9 Å². The molecule has 0 aliphatic rings. The summed E-state index contributed by atoms with van der Waals surface area (Å²) in [5.74, 6) is 0.859. The zero-order valence-electron chi connectivity index (χ0n) is 12.1. The van der Waals surface area contributed by atoms with Crippen LogP contribution in [0.25, 0.3) is 0 Å². The van der Waals surface area contributed by atoms with Crippen molar-refractivity contribution < 1.29 is 4.74 Å². The van der Waals surface area contributed by atoms with E-state index in [0.29, 0.717) is 6.61 Å². The maximum Gasteiger partial charge on any atom is 0.142 e. The van der Waals surface area contributed by atoms with Crippen LogP contribution in [0.1, 0.15) is 26.3 Å². The van der Waals surface area contributed by atoms with Crippen LogP contribution in [-0.2, 0) is 6.61 Å². The number of ether oxygens (including phenoxy) is 1. The first-order valence-corrected chi connectivity index (χ1v) is 7.06. The minimum absolute atomic E-state index is 0.000262. The molecule has 0 saturated carbocycles. The number of para-hydroxylation sites is 2. The average molecular weight is 290 g/mol. The van der Waals surface area contributed by atoms with Crippen molar-refractivity contribution in [3.05, 3.63) is 59.1 Å². The molecule has 20 heavy (non-hydrogen) atoms. The topological polar surface area (TPSA) is 21.3 Å². The van der Waals surface area contributed by atoms with Crippen LogP contribution in [0.3, 0.4) is 0 Å². The molecule has 0 amide bonds. The highest BCUT2D eigenvalue weighted by atomic mass is 35.5. The highest BCUT2D eigenvalue weighted by Crippen LogP contribution is 2.27. The summed E-state index contributed by atoms with van der Waals surface area (Å²) in [5, 5.41) is 4.19. The van der Waals surface area contributed by atoms with Gasteiger partial charge in [-0.15, -0.1) is 0 Å². The molecular formula is C17H20ClNO. The molecule has 0 saturated heterocycles. The fraction of sp³-hybridized carbons (Fsp3) is 0.294. The molecule has 2 aromatic carbocycles. The summed E-state index contributed by atoms with van der Waals surface area (Å²) in [6, 6.07) is 15.7. The van der Waals surface area contributed by atoms with Crippen LogP contribution >= 0.6 is 11.6 Å². The molecule has 0 unspecified atom stereocenters. The Labute approximate surface area is 125 Å². The molecule has 3 heteroatoms. The minimum atomic E-state index is -0.000262. The van der Waals surface area contributed by atoms with Crippen LogP contribution in [0.4, 0.5) is 5.69 Å². The molecule has 0 heterocycles. The molecule has 2 rings (SSSR count). The Hall–Kier alpha value is -1.67. The fourth-order valence-corrected chi connectivity index (χ4v) is 1.97. The Bertz CT molecular complexity index is 558. The van der Waals surface area contributed by atoms with E-state index in [1.807, 2.05) is 48.5 Å². The van der Waals surface area contributed by atoms with Gasteiger partial charge in [0.25, 0.3) is 0 Å². The zero-order chi connectivity index (χ0) is 14.6. The van der Waals surface area contributed by atoms with E-state index >= 15 is 0 Å². The Morgan fingerprint density at radius 1 is 1.00 bits per heavy atom. The van der Waals surface area contributed by atoms with E-state index < -0.39 is 0 Å². The Balaban J connectivity index is 2.07. The molecule has 106 valence electrons. The number of benzene rings is 2. The highest BCUT2D eigenvalue weighted by molar-refractivity contribution is 6.30. The molecule has 0 spiro atoms. The minimum Gasteiger partial charge on any atom is -0.487 e. The standard InChI is InChI=1S/C17H20ClNO/c1-17(2,3)19-15-6-4-5-7-16(15)20-12-13-8-10-14(18)11-9-13/h4-11,19H,12H2,1-3H3. The van der Waals surface area contributed by atoms with Crippen LogP contribution in [-0.4, -0.2) is 5.54 Å². The second-order valence-electron chi connectivity index (χ2n) is 5.79. The van der Waals surface area contributed by atoms with Crippen LogP contribution in [0.15, 0.2) is 48.5 Å². The van der Waals surface area contributed by atoms with Gasteiger partial charge in [0.15, 0.2) is 0 Å². The van der Waals surface area contributed by atoms with Gasteiger partial charge in [-0.05, 0) is 50.6 Å². The van der Waals surface area contributed by atoms with E-state index in [1.54, 1.807) is 0 Å². The lowest BCUT2D eigenvalue weighted by Gasteiger charge is -2.24. The number of hydrogen-bond acceptors (Lipinski definition) is 2. The van der Waals surface area contributed by atoms with Gasteiger partial charge in [0.1, 0.15) is 12.4 Å². The Kier molecular flexibility index (Phi) is 4.56. The molecule has 0 aliphatic heterocycles. The summed E-state index contributed by atoms with van der Waals surface area (Å²) in [6.45, 7) is 6.91. The van der Waals surface area contributed by atoms with Gasteiger partial charge < -0.3 is 10.1 Å². The zero-order valence-corrected chi connectivity index (χ0v) is 12.9. The lowest BCUT2D eigenvalue weighted by molar-refractivity contribution is 0.307. The fourth-order valence-electron chi connectivity index (χ4n) is 1.84. The molecule has 0 aromatic heterocycles. The lowest BCUT2D eigenvalue weighted by Crippen LogP contribution is -2.26. The molecule has 2 aromatic rings. The van der Waals surface area contributed by atoms with E-state index in [-0.39, 0.29) is 5.54 Å². The first kappa shape index (κ1) is 14.7. The van der Waals surface area contributed by atoms with E-state index in [0.717, 1.165) is 22.0 Å². The normalized spacial score (nSPS) is 11.2. The summed E-state index contributed by atoms with van der Waals surface area (Å²) in [4.78, 5) is 0. The number of halogens is 1. The predicted molar refractivity (Wildman–Crippen MR) is 85.6 cm³/mol. The second-order valence-corrected chi connectivity index (χ2v) is 6.22. The smallest absolute Gasteiger partial charge is 0.142 e. The van der Waals surface area contributed by atoms with E-state index in [4.69, 9.17) is 16.3 Å². The van der Waals surface area contributed by atoms with Gasteiger partial charge in [0, 0.05) is 10.6 Å². The molecule has 0 aliphatic carbocycles. The largest absolute Gasteiger partial charge is 0.487 e. The highest BCUT2D eigenvalue weighted by Gasteiger charge is 2.12. The van der Waals surface area contributed by atoms with Crippen molar-refractivity contribution in [3.8, 4) is 5.75 Å². The molecule has 0 fully saturated rings. The quantitative estimate of drug-likeness (QED) is 0.842. The third kappa shape index (κ3) is 4.46. The van der Waals surface area contributed by atoms with Gasteiger partial charge in [-0.2, -0.15) is 0 Å². The number of rotatable bonds is 4. The first-order valence-electron chi connectivity index (χ1n) is 6.68. The molecular weight excluding hydrogens is 270 g/mol. The van der Waals surface area contributed by atoms with E-state index in [1.165, 1.54) is 0 Å². The SMILES string of the molecule is CC(C)(C)Nc1ccccc1OCc1ccc(Cl)cc1. The third-order valence-electron chi connectivity index (χ3n) is 2.70. The second kappa shape index (κ2) is 6.19. The van der Waals surface area contributed by atoms with Crippen LogP contribution < -0.4 is 10.1 Å². The van der Waals surface area contributed by atoms with Gasteiger partial charge in [0.05, 0.1) is 5.69 Å². The van der Waals surface area contributed by atoms with Crippen molar-refractivity contribution in [1.82, 2.24) is 0 Å². The van der Waals surface area contributed by atoms with Crippen molar-refractivity contribution >= 4 is 17.3 Å².